The Labute approximate surface area is 195 Å². The second-order valence-electron chi connectivity index (χ2n) is 5.57. The molecule has 0 bridgehead atoms. The van der Waals surface area contributed by atoms with Gasteiger partial charge >= 0.3 is 0 Å². The van der Waals surface area contributed by atoms with Crippen LogP contribution in [0.5, 0.6) is 0 Å². The summed E-state index contributed by atoms with van der Waals surface area (Å²) < 4.78 is 0. The number of nitrogens with zero attached hydrogens (tertiary/aromatic N) is 2. The molecule has 132 valence electrons. The van der Waals surface area contributed by atoms with Crippen molar-refractivity contribution in [1.29, 1.82) is 0 Å². The zero-order chi connectivity index (χ0) is 17.9. The van der Waals surface area contributed by atoms with E-state index in [0.717, 1.165) is 22.7 Å². The predicted octanol–water partition coefficient (Wildman–Crippen LogP) is 8.05. The van der Waals surface area contributed by atoms with Gasteiger partial charge in [-0.1, -0.05) is 121 Å². The molecule has 0 saturated carbocycles. The van der Waals surface area contributed by atoms with Crippen LogP contribution in [0.25, 0.3) is 10.6 Å². The van der Waals surface area contributed by atoms with Gasteiger partial charge < -0.3 is 10.6 Å². The molecule has 3 heteroatoms. The molecule has 0 aliphatic rings. The second kappa shape index (κ2) is 12.3. The van der Waals surface area contributed by atoms with Crippen molar-refractivity contribution in [2.45, 2.75) is 0 Å². The summed E-state index contributed by atoms with van der Waals surface area (Å²) in [5.41, 5.74) is 3.98. The van der Waals surface area contributed by atoms with E-state index in [1.54, 1.807) is 0 Å². The minimum Gasteiger partial charge on any atom is -0.658 e. The monoisotopic (exact) mass is 476 g/mol. The Morgan fingerprint density at radius 3 is 0.667 bits per heavy atom. The molecule has 0 aliphatic carbocycles. The van der Waals surface area contributed by atoms with Gasteiger partial charge in [-0.05, 0) is 0 Å². The van der Waals surface area contributed by atoms with Gasteiger partial charge in [-0.15, -0.1) is 22.7 Å². The summed E-state index contributed by atoms with van der Waals surface area (Å²) in [4.78, 5) is 0. The summed E-state index contributed by atoms with van der Waals surface area (Å²) in [5.74, 6) is 0. The predicted molar refractivity (Wildman–Crippen MR) is 111 cm³/mol. The van der Waals surface area contributed by atoms with Crippen LogP contribution in [-0.4, -0.2) is 0 Å². The third kappa shape index (κ3) is 7.95. The van der Waals surface area contributed by atoms with Gasteiger partial charge in [0.25, 0.3) is 0 Å². The summed E-state index contributed by atoms with van der Waals surface area (Å²) >= 11 is 0. The molecule has 4 aromatic rings. The first-order chi connectivity index (χ1) is 12.9. The van der Waals surface area contributed by atoms with Crippen LogP contribution in [0.3, 0.4) is 0 Å². The van der Waals surface area contributed by atoms with Gasteiger partial charge in [-0.25, -0.2) is 0 Å². The molecule has 0 fully saturated rings. The molecular formula is C24H20CeN2-2. The van der Waals surface area contributed by atoms with Gasteiger partial charge in [0.15, 0.2) is 0 Å². The van der Waals surface area contributed by atoms with Gasteiger partial charge in [0, 0.05) is 41.7 Å². The number of benzene rings is 4. The summed E-state index contributed by atoms with van der Waals surface area (Å²) in [6, 6.07) is 39.8. The minimum absolute atomic E-state index is 0. The van der Waals surface area contributed by atoms with E-state index in [1.807, 2.05) is 121 Å². The first kappa shape index (κ1) is 21.2. The maximum atomic E-state index is 4.44. The zero-order valence-electron chi connectivity index (χ0n) is 14.9. The van der Waals surface area contributed by atoms with Crippen molar-refractivity contribution in [2.75, 3.05) is 0 Å². The van der Waals surface area contributed by atoms with Crippen LogP contribution in [-0.2, 0) is 0 Å². The minimum atomic E-state index is 0. The number of rotatable bonds is 4. The number of hydrogen-bond donors (Lipinski definition) is 0. The first-order valence-corrected chi connectivity index (χ1v) is 8.54. The van der Waals surface area contributed by atoms with Crippen LogP contribution in [0.1, 0.15) is 0 Å². The van der Waals surface area contributed by atoms with Crippen molar-refractivity contribution in [3.05, 3.63) is 132 Å². The van der Waals surface area contributed by atoms with Crippen molar-refractivity contribution < 1.29 is 41.7 Å². The number of hydrogen-bond acceptors (Lipinski definition) is 0. The zero-order valence-corrected chi connectivity index (χ0v) is 18.1. The Bertz CT molecular complexity index is 715. The van der Waals surface area contributed by atoms with E-state index in [1.165, 1.54) is 0 Å². The fourth-order valence-corrected chi connectivity index (χ4v) is 2.31. The molecule has 0 atom stereocenters. The van der Waals surface area contributed by atoms with E-state index in [9.17, 15) is 0 Å². The van der Waals surface area contributed by atoms with Crippen LogP contribution < -0.4 is 0 Å². The molecule has 0 aliphatic heterocycles. The molecule has 0 saturated heterocycles. The van der Waals surface area contributed by atoms with Crippen LogP contribution in [0.2, 0.25) is 0 Å². The summed E-state index contributed by atoms with van der Waals surface area (Å²) in [6.07, 6.45) is 0. The van der Waals surface area contributed by atoms with E-state index in [4.69, 9.17) is 0 Å². The fourth-order valence-electron chi connectivity index (χ4n) is 2.31. The summed E-state index contributed by atoms with van der Waals surface area (Å²) in [5, 5.41) is 8.88. The summed E-state index contributed by atoms with van der Waals surface area (Å²) in [7, 11) is 0. The fraction of sp³-hybridized carbons (Fsp3) is 0. The normalized spacial score (nSPS) is 9.19. The van der Waals surface area contributed by atoms with E-state index in [0.29, 0.717) is 0 Å². The topological polar surface area (TPSA) is 28.2 Å². The average Bonchev–Trinajstić information content (AvgIpc) is 2.72. The second-order valence-corrected chi connectivity index (χ2v) is 5.57. The van der Waals surface area contributed by atoms with Gasteiger partial charge in [0.2, 0.25) is 0 Å². The van der Waals surface area contributed by atoms with Crippen LogP contribution >= 0.6 is 0 Å². The molecule has 0 heterocycles. The Kier molecular flexibility index (Phi) is 9.62. The third-order valence-electron chi connectivity index (χ3n) is 3.54. The van der Waals surface area contributed by atoms with Gasteiger partial charge in [0.05, 0.1) is 0 Å². The SMILES string of the molecule is [Ce].c1ccc([N-]c2ccccc2)cc1.c1ccc([N-]c2ccccc2)cc1. The van der Waals surface area contributed by atoms with Crippen LogP contribution in [0.4, 0.5) is 22.7 Å². The molecule has 4 aromatic carbocycles. The van der Waals surface area contributed by atoms with E-state index in [-0.39, 0.29) is 41.7 Å². The third-order valence-corrected chi connectivity index (χ3v) is 3.54. The molecule has 0 amide bonds. The first-order valence-electron chi connectivity index (χ1n) is 8.54. The van der Waals surface area contributed by atoms with Crippen molar-refractivity contribution in [2.24, 2.45) is 0 Å². The standard InChI is InChI=1S/2C12H10N.Ce/c2*1-3-7-11(8-4-1)13-12-9-5-2-6-10-12;/h2*1-10H;/q2*-1;. The van der Waals surface area contributed by atoms with Crippen LogP contribution in [0, 0.1) is 41.7 Å². The molecule has 4 rings (SSSR count). The Morgan fingerprint density at radius 1 is 0.296 bits per heavy atom. The molecule has 2 nitrogen and oxygen atoms in total. The Morgan fingerprint density at radius 2 is 0.481 bits per heavy atom. The van der Waals surface area contributed by atoms with Gasteiger partial charge in [-0.3, -0.25) is 0 Å². The molecule has 0 unspecified atom stereocenters. The number of para-hydroxylation sites is 4. The molecule has 0 radical (unpaired) electrons. The van der Waals surface area contributed by atoms with Crippen molar-refractivity contribution >= 4 is 22.7 Å². The van der Waals surface area contributed by atoms with E-state index < -0.39 is 0 Å². The summed E-state index contributed by atoms with van der Waals surface area (Å²) in [6.45, 7) is 0. The largest absolute Gasteiger partial charge is 0.658 e. The molecule has 0 N–H and O–H groups in total. The Balaban J connectivity index is 0.000000187. The average molecular weight is 477 g/mol. The smallest absolute Gasteiger partial charge is 0 e. The van der Waals surface area contributed by atoms with Crippen molar-refractivity contribution in [3.63, 3.8) is 0 Å². The molecular weight excluding hydrogens is 456 g/mol. The maximum absolute atomic E-state index is 4.44. The van der Waals surface area contributed by atoms with E-state index in [2.05, 4.69) is 10.6 Å². The van der Waals surface area contributed by atoms with Gasteiger partial charge in [-0.2, -0.15) is 0 Å². The molecule has 0 spiro atoms. The Hall–Kier alpha value is -2.14. The van der Waals surface area contributed by atoms with E-state index >= 15 is 0 Å². The van der Waals surface area contributed by atoms with Crippen LogP contribution in [0.15, 0.2) is 121 Å². The molecule has 27 heavy (non-hydrogen) atoms. The maximum Gasteiger partial charge on any atom is 0 e. The van der Waals surface area contributed by atoms with Crippen molar-refractivity contribution in [1.82, 2.24) is 0 Å². The van der Waals surface area contributed by atoms with Gasteiger partial charge in [0.1, 0.15) is 0 Å². The molecule has 0 aromatic heterocycles. The quantitative estimate of drug-likeness (QED) is 0.285. The van der Waals surface area contributed by atoms with Crippen molar-refractivity contribution in [3.8, 4) is 0 Å².